The maximum absolute atomic E-state index is 13.5. The molecule has 3 aliphatic heterocycles. The van der Waals surface area contributed by atoms with Gasteiger partial charge in [0.1, 0.15) is 42.4 Å². The van der Waals surface area contributed by atoms with Crippen LogP contribution in [0, 0.1) is 0 Å². The number of pyridine rings is 2. The van der Waals surface area contributed by atoms with Crippen molar-refractivity contribution in [2.45, 2.75) is 223 Å². The molecule has 0 bridgehead atoms. The average molecular weight is 1560 g/mol. The lowest BCUT2D eigenvalue weighted by atomic mass is 9.80. The van der Waals surface area contributed by atoms with Gasteiger partial charge in [-0.15, -0.1) is 45.3 Å². The van der Waals surface area contributed by atoms with Gasteiger partial charge in [-0.25, -0.2) is 29.1 Å². The lowest BCUT2D eigenvalue weighted by molar-refractivity contribution is -0.117. The van der Waals surface area contributed by atoms with Gasteiger partial charge in [0.2, 0.25) is 11.8 Å². The molecule has 0 aliphatic carbocycles. The molecule has 28 heteroatoms. The predicted octanol–water partition coefficient (Wildman–Crippen LogP) is 17.8. The number of rotatable bonds is 14. The lowest BCUT2D eigenvalue weighted by Gasteiger charge is -2.32. The summed E-state index contributed by atoms with van der Waals surface area (Å²) in [6.45, 7) is 40.1. The number of nitrogens with zero attached hydrogens (tertiary/aromatic N) is 8. The molecule has 3 aliphatic rings. The number of benzene rings is 2. The number of ether oxygens (including phenoxy) is 4. The number of aromatic nitrogens is 4. The summed E-state index contributed by atoms with van der Waals surface area (Å²) in [4.78, 5) is 105. The standard InChI is InChI=1S/C35H43N5O5S2.C30H39BrN4O5S2.C11H16BNO2/c1-21(2)40(33(43)45-35(6,7)8)18-14-28(41)38-31-29(24-13-17-39(20-27(24)47-31)32(42)44-34(3,4)5)30-37-25-19-23(9-10-26(25)46-30)22-11-15-36-16-12-22;1-17(2)35(28(38)40-30(6,7)8)14-12-23(36)33-26-24(25-32-20-15-18(31)9-10-21(20)41-25)19-11-13-34(16-22(19)42-26)27(37)39-29(3,4)5;1-10(2)11(3,4)15-12(14-10)9-5-7-13-8-6-9/h9-12,15-16,19,21H,13-14,17-18,20H2,1-8H3,(H,38,41);9-10,15,17H,11-14,16H2,1-8H3,(H,33,36);5-8H,1-4H3. The molecular weight excluding hydrogens is 1460 g/mol. The maximum Gasteiger partial charge on any atom is 0.494 e. The van der Waals surface area contributed by atoms with Gasteiger partial charge in [0.15, 0.2) is 0 Å². The van der Waals surface area contributed by atoms with Gasteiger partial charge in [-0.3, -0.25) is 19.6 Å². The first-order valence-electron chi connectivity index (χ1n) is 35.0. The number of halogens is 1. The summed E-state index contributed by atoms with van der Waals surface area (Å²) in [5.41, 5.74) is 5.81. The second kappa shape index (κ2) is 32.6. The molecule has 558 valence electrons. The minimum atomic E-state index is -0.638. The molecule has 104 heavy (non-hydrogen) atoms. The SMILES string of the molecule is CC(C)N(CCC(=O)Nc1sc2c(c1-c1nc3cc(-c4ccncc4)ccc3s1)CCN(C(=O)OC(C)(C)C)C2)C(=O)OC(C)(C)C.CC(C)N(CCC(=O)Nc1sc2c(c1-c1nc3cc(Br)ccc3s1)CCN(C(=O)OC(C)(C)C)C2)C(=O)OC(C)(C)C.CC1(C)OB(c2ccncc2)OC1(C)C. The van der Waals surface area contributed by atoms with E-state index < -0.39 is 34.6 Å². The Morgan fingerprint density at radius 3 is 1.35 bits per heavy atom. The molecule has 0 unspecified atom stereocenters. The van der Waals surface area contributed by atoms with Crippen LogP contribution in [0.4, 0.5) is 29.2 Å². The van der Waals surface area contributed by atoms with Crippen LogP contribution in [0.5, 0.6) is 0 Å². The molecule has 9 heterocycles. The summed E-state index contributed by atoms with van der Waals surface area (Å²) in [6, 6.07) is 19.7. The Labute approximate surface area is 635 Å². The minimum absolute atomic E-state index is 0.0958. The number of carbonyl (C=O) groups excluding carboxylic acids is 6. The van der Waals surface area contributed by atoms with E-state index in [0.29, 0.717) is 49.0 Å². The molecule has 2 aromatic carbocycles. The molecule has 11 rings (SSSR count). The molecule has 1 fully saturated rings. The van der Waals surface area contributed by atoms with Gasteiger partial charge in [-0.05, 0) is 234 Å². The van der Waals surface area contributed by atoms with Crippen LogP contribution in [0.15, 0.2) is 89.9 Å². The predicted molar refractivity (Wildman–Crippen MR) is 420 cm³/mol. The van der Waals surface area contributed by atoms with Crippen molar-refractivity contribution in [3.05, 3.63) is 111 Å². The fourth-order valence-corrected chi connectivity index (χ4v) is 16.3. The highest BCUT2D eigenvalue weighted by atomic mass is 79.9. The molecule has 22 nitrogen and oxygen atoms in total. The molecule has 0 saturated carbocycles. The lowest BCUT2D eigenvalue weighted by Crippen LogP contribution is -2.42. The zero-order chi connectivity index (χ0) is 76.2. The van der Waals surface area contributed by atoms with Crippen molar-refractivity contribution < 1.29 is 57.0 Å². The van der Waals surface area contributed by atoms with E-state index in [-0.39, 0.29) is 80.3 Å². The van der Waals surface area contributed by atoms with Gasteiger partial charge >= 0.3 is 31.5 Å². The van der Waals surface area contributed by atoms with E-state index in [4.69, 9.17) is 38.2 Å². The van der Waals surface area contributed by atoms with Crippen molar-refractivity contribution >= 4 is 140 Å². The summed E-state index contributed by atoms with van der Waals surface area (Å²) in [7, 11) is -0.280. The van der Waals surface area contributed by atoms with Gasteiger partial charge in [-0.2, -0.15) is 0 Å². The fraction of sp³-hybridized carbons (Fsp3) is 0.500. The number of thiazole rings is 2. The van der Waals surface area contributed by atoms with E-state index in [0.717, 1.165) is 83.5 Å². The van der Waals surface area contributed by atoms with E-state index in [1.165, 1.54) is 22.7 Å². The van der Waals surface area contributed by atoms with Crippen LogP contribution in [0.3, 0.4) is 0 Å². The van der Waals surface area contributed by atoms with E-state index in [1.54, 1.807) is 67.1 Å². The number of carbonyl (C=O) groups is 6. The van der Waals surface area contributed by atoms with Gasteiger partial charge < -0.3 is 58.5 Å². The summed E-state index contributed by atoms with van der Waals surface area (Å²) >= 11 is 9.60. The Kier molecular flexibility index (Phi) is 25.3. The van der Waals surface area contributed by atoms with Crippen molar-refractivity contribution in [2.75, 3.05) is 36.8 Å². The van der Waals surface area contributed by atoms with Crippen LogP contribution in [0.2, 0.25) is 0 Å². The Balaban J connectivity index is 0.000000202. The molecule has 0 radical (unpaired) electrons. The van der Waals surface area contributed by atoms with Crippen molar-refractivity contribution in [1.29, 1.82) is 0 Å². The van der Waals surface area contributed by atoms with Gasteiger partial charge in [0.05, 0.1) is 44.7 Å². The van der Waals surface area contributed by atoms with Gasteiger partial charge in [0, 0.05) is 101 Å². The molecule has 8 aromatic rings. The first kappa shape index (κ1) is 80.5. The second-order valence-corrected chi connectivity index (χ2v) is 36.5. The van der Waals surface area contributed by atoms with E-state index >= 15 is 0 Å². The van der Waals surface area contributed by atoms with Crippen molar-refractivity contribution in [3.8, 4) is 32.3 Å². The highest BCUT2D eigenvalue weighted by Crippen LogP contribution is 2.48. The fourth-order valence-electron chi connectivity index (χ4n) is 11.2. The van der Waals surface area contributed by atoms with Crippen molar-refractivity contribution in [2.24, 2.45) is 0 Å². The smallest absolute Gasteiger partial charge is 0.444 e. The number of fused-ring (bicyclic) bond motifs is 4. The minimum Gasteiger partial charge on any atom is -0.444 e. The van der Waals surface area contributed by atoms with Gasteiger partial charge in [-0.1, -0.05) is 22.0 Å². The molecule has 6 aromatic heterocycles. The number of hydrogen-bond donors (Lipinski definition) is 2. The highest BCUT2D eigenvalue weighted by Gasteiger charge is 2.52. The summed E-state index contributed by atoms with van der Waals surface area (Å²) in [5.74, 6) is -0.430. The number of anilines is 2. The van der Waals surface area contributed by atoms with E-state index in [1.807, 2.05) is 181 Å². The van der Waals surface area contributed by atoms with Crippen LogP contribution in [-0.2, 0) is 63.8 Å². The van der Waals surface area contributed by atoms with E-state index in [2.05, 4.69) is 54.7 Å². The largest absolute Gasteiger partial charge is 0.494 e. The Morgan fingerprint density at radius 1 is 0.548 bits per heavy atom. The van der Waals surface area contributed by atoms with Crippen LogP contribution in [0.25, 0.3) is 52.7 Å². The number of hydrogen-bond acceptors (Lipinski definition) is 20. The molecule has 2 N–H and O–H groups in total. The monoisotopic (exact) mass is 1560 g/mol. The zero-order valence-corrected chi connectivity index (χ0v) is 68.2. The van der Waals surface area contributed by atoms with Crippen molar-refractivity contribution in [3.63, 3.8) is 0 Å². The topological polar surface area (TPSA) is 246 Å². The summed E-state index contributed by atoms with van der Waals surface area (Å²) in [6.07, 6.45) is 6.87. The summed E-state index contributed by atoms with van der Waals surface area (Å²) in [5, 5.41) is 9.26. The number of thiophene rings is 2. The average Bonchev–Trinajstić information content (AvgIpc) is 1.61. The van der Waals surface area contributed by atoms with Crippen LogP contribution in [0.1, 0.15) is 172 Å². The highest BCUT2D eigenvalue weighted by molar-refractivity contribution is 9.10. The Morgan fingerprint density at radius 2 is 0.942 bits per heavy atom. The number of nitrogens with one attached hydrogen (secondary N) is 2. The normalized spacial score (nSPS) is 14.9. The third kappa shape index (κ3) is 21.1. The van der Waals surface area contributed by atoms with Crippen LogP contribution < -0.4 is 16.1 Å². The number of amides is 6. The third-order valence-electron chi connectivity index (χ3n) is 17.0. The molecular formula is C76H98BBrN10O12S4. The summed E-state index contributed by atoms with van der Waals surface area (Å²) < 4.78 is 37.2. The Hall–Kier alpha value is -7.60. The van der Waals surface area contributed by atoms with Crippen LogP contribution in [-0.4, -0.2) is 155 Å². The first-order chi connectivity index (χ1) is 48.5. The van der Waals surface area contributed by atoms with Crippen molar-refractivity contribution in [1.82, 2.24) is 39.5 Å². The first-order valence-corrected chi connectivity index (χ1v) is 39.0. The molecule has 0 atom stereocenters. The quantitative estimate of drug-likeness (QED) is 0.0759. The molecule has 1 saturated heterocycles. The van der Waals surface area contributed by atoms with Crippen LogP contribution >= 0.6 is 61.3 Å². The second-order valence-electron chi connectivity index (χ2n) is 31.3. The van der Waals surface area contributed by atoms with E-state index in [9.17, 15) is 28.8 Å². The Bertz CT molecular complexity index is 4380. The molecule has 0 spiro atoms. The maximum atomic E-state index is 13.5. The van der Waals surface area contributed by atoms with Gasteiger partial charge in [0.25, 0.3) is 0 Å². The molecule has 6 amide bonds. The zero-order valence-electron chi connectivity index (χ0n) is 63.4. The third-order valence-corrected chi connectivity index (χ3v) is 21.9.